The molecule has 9 atom stereocenters. The summed E-state index contributed by atoms with van der Waals surface area (Å²) in [7, 11) is 3.58. The van der Waals surface area contributed by atoms with Gasteiger partial charge in [0, 0.05) is 42.7 Å². The van der Waals surface area contributed by atoms with Gasteiger partial charge in [-0.05, 0) is 51.1 Å². The maximum atomic E-state index is 14.2. The van der Waals surface area contributed by atoms with Gasteiger partial charge in [0.2, 0.25) is 0 Å². The highest BCUT2D eigenvalue weighted by atomic mass is 16.6. The minimum atomic E-state index is -1.35. The number of carbonyl (C=O) groups excluding carboxylic acids is 4. The van der Waals surface area contributed by atoms with E-state index >= 15 is 0 Å². The van der Waals surface area contributed by atoms with Gasteiger partial charge in [-0.25, -0.2) is 9.48 Å². The molecule has 0 saturated carbocycles. The van der Waals surface area contributed by atoms with Crippen LogP contribution in [0.5, 0.6) is 0 Å². The average molecular weight is 678 g/mol. The van der Waals surface area contributed by atoms with Crippen LogP contribution in [0.4, 0.5) is 10.5 Å². The number of carbonyl (C=O) groups is 4. The lowest BCUT2D eigenvalue weighted by molar-refractivity contribution is -0.171. The Bertz CT molecular complexity index is 1560. The van der Waals surface area contributed by atoms with Gasteiger partial charge in [-0.3, -0.25) is 19.3 Å². The third-order valence-electron chi connectivity index (χ3n) is 11.2. The smallest absolute Gasteiger partial charge is 0.411 e. The molecule has 266 valence electrons. The molecule has 2 aromatic rings. The van der Waals surface area contributed by atoms with E-state index in [0.717, 1.165) is 5.56 Å². The number of fused-ring (bicyclic) bond motifs is 1. The number of nitrogen functional groups attached to an aromatic ring is 1. The highest BCUT2D eigenvalue weighted by Gasteiger charge is 2.59. The molecule has 3 heterocycles. The highest BCUT2D eigenvalue weighted by Crippen LogP contribution is 2.46. The first-order valence-electron chi connectivity index (χ1n) is 17.3. The van der Waals surface area contributed by atoms with Gasteiger partial charge in [-0.1, -0.05) is 63.6 Å². The number of aromatic nitrogens is 3. The van der Waals surface area contributed by atoms with Crippen molar-refractivity contribution in [2.45, 2.75) is 103 Å². The van der Waals surface area contributed by atoms with Gasteiger partial charge in [0.25, 0.3) is 0 Å². The number of rotatable bonds is 8. The van der Waals surface area contributed by atoms with Crippen LogP contribution in [0.3, 0.4) is 0 Å². The Morgan fingerprint density at radius 1 is 1.12 bits per heavy atom. The predicted octanol–water partition coefficient (Wildman–Crippen LogP) is 4.29. The number of cyclic esters (lactones) is 1. The van der Waals surface area contributed by atoms with Gasteiger partial charge in [0.1, 0.15) is 37.1 Å². The number of hydrogen-bond acceptors (Lipinski definition) is 10. The largest absolute Gasteiger partial charge is 0.458 e. The van der Waals surface area contributed by atoms with Crippen molar-refractivity contribution in [3.05, 3.63) is 42.6 Å². The Morgan fingerprint density at radius 3 is 2.47 bits per heavy atom. The van der Waals surface area contributed by atoms with Crippen LogP contribution in [0.1, 0.15) is 67.7 Å². The van der Waals surface area contributed by atoms with E-state index in [1.807, 2.05) is 79.0 Å². The van der Waals surface area contributed by atoms with Crippen LogP contribution in [0.2, 0.25) is 5.31 Å². The number of ketones is 2. The van der Waals surface area contributed by atoms with Gasteiger partial charge in [0.15, 0.2) is 5.60 Å². The van der Waals surface area contributed by atoms with E-state index in [-0.39, 0.29) is 30.1 Å². The maximum Gasteiger partial charge on any atom is 0.411 e. The first kappa shape index (κ1) is 37.8. The van der Waals surface area contributed by atoms with E-state index in [4.69, 9.17) is 19.9 Å². The van der Waals surface area contributed by atoms with Crippen molar-refractivity contribution in [1.29, 1.82) is 0 Å². The van der Waals surface area contributed by atoms with Crippen LogP contribution < -0.4 is 5.73 Å². The molecular formula is C36H52BN5O7. The van der Waals surface area contributed by atoms with Crippen LogP contribution >= 0.6 is 0 Å². The second-order valence-corrected chi connectivity index (χ2v) is 14.3. The molecule has 49 heavy (non-hydrogen) atoms. The van der Waals surface area contributed by atoms with Crippen LogP contribution in [-0.4, -0.2) is 88.9 Å². The minimum Gasteiger partial charge on any atom is -0.458 e. The molecule has 1 aromatic heterocycles. The molecule has 2 aliphatic heterocycles. The molecule has 0 radical (unpaired) electrons. The van der Waals surface area contributed by atoms with Crippen LogP contribution in [0.15, 0.2) is 42.6 Å². The van der Waals surface area contributed by atoms with Crippen molar-refractivity contribution in [1.82, 2.24) is 19.9 Å². The van der Waals surface area contributed by atoms with Crippen molar-refractivity contribution in [2.24, 2.45) is 23.7 Å². The van der Waals surface area contributed by atoms with E-state index in [2.05, 4.69) is 10.3 Å². The number of ether oxygens (including phenoxy) is 3. The van der Waals surface area contributed by atoms with Gasteiger partial charge in [-0.15, -0.1) is 5.10 Å². The Labute approximate surface area is 290 Å². The molecule has 1 unspecified atom stereocenters. The number of nitrogens with two attached hydrogens (primary N) is 1. The molecule has 2 N–H and O–H groups in total. The van der Waals surface area contributed by atoms with Gasteiger partial charge < -0.3 is 19.9 Å². The molecule has 2 fully saturated rings. The summed E-state index contributed by atoms with van der Waals surface area (Å²) in [6, 6.07) is 6.65. The molecule has 0 spiro atoms. The number of amides is 1. The summed E-state index contributed by atoms with van der Waals surface area (Å²) in [4.78, 5) is 56.6. The second-order valence-electron chi connectivity index (χ2n) is 14.3. The summed E-state index contributed by atoms with van der Waals surface area (Å²) in [5, 5.41) is 7.81. The van der Waals surface area contributed by atoms with E-state index in [1.54, 1.807) is 36.6 Å². The SMILES string of the molecule is B[C@@]1(C(C)OC)CC[C@@H](C)C(=O)[C@H](C)[C@H]2N(C/C=C/Cn3cc(-c4cccc(N)c4)nn3)C(=O)O[C@]2(C)[C@@H](CC)OC(=O)[C@H](C)C(=O)[C@@H]1C. The molecule has 13 heteroatoms. The van der Waals surface area contributed by atoms with Gasteiger partial charge in [0.05, 0.1) is 24.9 Å². The molecule has 0 aliphatic carbocycles. The van der Waals surface area contributed by atoms with Crippen LogP contribution in [-0.2, 0) is 35.1 Å². The van der Waals surface area contributed by atoms with Crippen molar-refractivity contribution >= 4 is 37.2 Å². The highest BCUT2D eigenvalue weighted by molar-refractivity contribution is 6.18. The fourth-order valence-electron chi connectivity index (χ4n) is 7.51. The topological polar surface area (TPSA) is 156 Å². The first-order valence-corrected chi connectivity index (χ1v) is 17.3. The number of nitrogens with zero attached hydrogens (tertiary/aromatic N) is 4. The quantitative estimate of drug-likeness (QED) is 0.141. The molecule has 2 aliphatic rings. The van der Waals surface area contributed by atoms with Crippen molar-refractivity contribution in [3.63, 3.8) is 0 Å². The zero-order chi connectivity index (χ0) is 36.3. The van der Waals surface area contributed by atoms with E-state index < -0.39 is 52.9 Å². The number of Topliss-reactive ketones (excluding diaryl/α,β-unsaturated/α-hetero) is 2. The molecule has 12 nitrogen and oxygen atoms in total. The molecule has 1 amide bonds. The number of allylic oxidation sites excluding steroid dienone is 1. The van der Waals surface area contributed by atoms with Crippen molar-refractivity contribution < 1.29 is 33.4 Å². The summed E-state index contributed by atoms with van der Waals surface area (Å²) in [5.74, 6) is -3.55. The summed E-state index contributed by atoms with van der Waals surface area (Å²) in [5.41, 5.74) is 6.74. The number of hydrogen-bond donors (Lipinski definition) is 1. The third-order valence-corrected chi connectivity index (χ3v) is 11.2. The zero-order valence-corrected chi connectivity index (χ0v) is 30.3. The van der Waals surface area contributed by atoms with E-state index in [9.17, 15) is 19.2 Å². The van der Waals surface area contributed by atoms with E-state index in [0.29, 0.717) is 37.2 Å². The lowest BCUT2D eigenvalue weighted by atomic mass is 9.53. The Kier molecular flexibility index (Phi) is 11.8. The Balaban J connectivity index is 1.63. The summed E-state index contributed by atoms with van der Waals surface area (Å²) in [6.07, 6.45) is 5.04. The summed E-state index contributed by atoms with van der Waals surface area (Å²) < 4.78 is 19.5. The first-order chi connectivity index (χ1) is 23.1. The summed E-state index contributed by atoms with van der Waals surface area (Å²) >= 11 is 0. The second kappa shape index (κ2) is 15.3. The third kappa shape index (κ3) is 7.61. The minimum absolute atomic E-state index is 0.0294. The zero-order valence-electron chi connectivity index (χ0n) is 30.3. The van der Waals surface area contributed by atoms with Gasteiger partial charge in [-0.2, -0.15) is 0 Å². The normalized spacial score (nSPS) is 32.4. The maximum absolute atomic E-state index is 14.2. The number of benzene rings is 1. The molecule has 2 saturated heterocycles. The average Bonchev–Trinajstić information content (AvgIpc) is 3.66. The summed E-state index contributed by atoms with van der Waals surface area (Å²) in [6.45, 7) is 13.1. The number of esters is 1. The van der Waals surface area contributed by atoms with E-state index in [1.165, 1.54) is 0 Å². The Morgan fingerprint density at radius 2 is 1.82 bits per heavy atom. The van der Waals surface area contributed by atoms with Crippen molar-refractivity contribution in [2.75, 3.05) is 19.4 Å². The number of anilines is 1. The number of methoxy groups -OCH3 is 1. The monoisotopic (exact) mass is 677 g/mol. The molecular weight excluding hydrogens is 625 g/mol. The van der Waals surface area contributed by atoms with Crippen LogP contribution in [0, 0.1) is 23.7 Å². The lowest BCUT2D eigenvalue weighted by Crippen LogP contribution is -2.57. The predicted molar refractivity (Wildman–Crippen MR) is 188 cm³/mol. The standard InChI is InChI=1S/C36H52BN5O7/c1-9-29-35(7)32(42(34(46)49-35)18-11-10-17-41-20-28(39-40-41)26-13-12-14-27(38)19-26)22(3)30(43)21(2)15-16-36(37,25(6)47-8)24(5)31(44)23(4)33(45)48-29/h10-14,19-25,29,32H,9,15-18,37-38H2,1-8H3/b11-10+/t21-,22+,23-,24+,25?,29-,32-,35-,36+/m1/s1. The van der Waals surface area contributed by atoms with Gasteiger partial charge >= 0.3 is 12.1 Å². The van der Waals surface area contributed by atoms with Crippen LogP contribution in [0.25, 0.3) is 11.3 Å². The fraction of sp³-hybridized carbons (Fsp3) is 0.611. The van der Waals surface area contributed by atoms with Crippen molar-refractivity contribution in [3.8, 4) is 11.3 Å². The lowest BCUT2D eigenvalue weighted by Gasteiger charge is -2.43. The fourth-order valence-corrected chi connectivity index (χ4v) is 7.51. The molecule has 0 bridgehead atoms. The Hall–Kier alpha value is -4.00. The molecule has 1 aromatic carbocycles. The molecule has 4 rings (SSSR count).